The number of carbonyl (C=O) groups is 1. The number of piperidine rings is 1. The van der Waals surface area contributed by atoms with E-state index in [-0.39, 0.29) is 23.7 Å². The third kappa shape index (κ3) is 4.29. The number of sulfone groups is 1. The Morgan fingerprint density at radius 3 is 2.27 bits per heavy atom. The summed E-state index contributed by atoms with van der Waals surface area (Å²) in [7, 11) is -3.56. The average molecular weight is 327 g/mol. The van der Waals surface area contributed by atoms with Gasteiger partial charge in [-0.1, -0.05) is 12.1 Å². The Bertz CT molecular complexity index is 617. The summed E-state index contributed by atoms with van der Waals surface area (Å²) in [5.41, 5.74) is 0.494. The first kappa shape index (κ1) is 16.9. The van der Waals surface area contributed by atoms with Crippen LogP contribution >= 0.6 is 0 Å². The van der Waals surface area contributed by atoms with Crippen LogP contribution in [-0.4, -0.2) is 37.1 Å². The van der Waals surface area contributed by atoms with Crippen LogP contribution in [-0.2, 0) is 20.4 Å². The molecule has 0 bridgehead atoms. The Morgan fingerprint density at radius 2 is 1.73 bits per heavy atom. The van der Waals surface area contributed by atoms with Gasteiger partial charge in [0.15, 0.2) is 9.84 Å². The van der Waals surface area contributed by atoms with Crippen molar-refractivity contribution >= 4 is 15.7 Å². The molecule has 1 aromatic carbocycles. The minimum Gasteiger partial charge on any atom is -0.336 e. The Balaban J connectivity index is 2.04. The third-order valence-electron chi connectivity index (χ3n) is 4.12. The van der Waals surface area contributed by atoms with Crippen molar-refractivity contribution in [1.29, 1.82) is 0 Å². The number of amides is 1. The topological polar surface area (TPSA) is 54.5 Å². The molecule has 0 aromatic heterocycles. The highest BCUT2D eigenvalue weighted by atomic mass is 32.2. The lowest BCUT2D eigenvalue weighted by atomic mass is 9.98. The van der Waals surface area contributed by atoms with Gasteiger partial charge in [-0.3, -0.25) is 4.79 Å². The molecule has 0 N–H and O–H groups in total. The van der Waals surface area contributed by atoms with Gasteiger partial charge in [0.25, 0.3) is 0 Å². The second kappa shape index (κ2) is 6.77. The molecule has 2 rings (SSSR count). The molecule has 1 aliphatic heterocycles. The Kier molecular flexibility index (Phi) is 5.21. The number of hydrogen-bond donors (Lipinski definition) is 0. The molecule has 2 unspecified atom stereocenters. The lowest BCUT2D eigenvalue weighted by Gasteiger charge is -2.39. The van der Waals surface area contributed by atoms with Crippen LogP contribution in [0.4, 0.5) is 4.39 Å². The van der Waals surface area contributed by atoms with Crippen molar-refractivity contribution in [3.05, 3.63) is 35.6 Å². The summed E-state index contributed by atoms with van der Waals surface area (Å²) in [6, 6.07) is 5.48. The molecule has 1 amide bonds. The van der Waals surface area contributed by atoms with Crippen LogP contribution in [0, 0.1) is 5.82 Å². The van der Waals surface area contributed by atoms with Crippen LogP contribution in [0.15, 0.2) is 24.3 Å². The van der Waals surface area contributed by atoms with E-state index in [9.17, 15) is 17.6 Å². The molecule has 0 aliphatic carbocycles. The standard InChI is InChI=1S/C16H22FNO3S/c1-12-4-3-5-13(2)18(12)16(19)11-22(20,21)10-14-6-8-15(17)9-7-14/h6-9,12-13H,3-5,10-11H2,1-2H3. The largest absolute Gasteiger partial charge is 0.336 e. The van der Waals surface area contributed by atoms with Crippen molar-refractivity contribution in [2.45, 2.75) is 50.9 Å². The summed E-state index contributed by atoms with van der Waals surface area (Å²) in [5, 5.41) is 0. The molecule has 6 heteroatoms. The molecule has 122 valence electrons. The van der Waals surface area contributed by atoms with Gasteiger partial charge in [-0.2, -0.15) is 0 Å². The van der Waals surface area contributed by atoms with E-state index in [4.69, 9.17) is 0 Å². The van der Waals surface area contributed by atoms with Gasteiger partial charge >= 0.3 is 0 Å². The number of hydrogen-bond acceptors (Lipinski definition) is 3. The summed E-state index contributed by atoms with van der Waals surface area (Å²) < 4.78 is 37.3. The Morgan fingerprint density at radius 1 is 1.18 bits per heavy atom. The predicted molar refractivity (Wildman–Crippen MR) is 83.5 cm³/mol. The quantitative estimate of drug-likeness (QED) is 0.854. The molecular weight excluding hydrogens is 305 g/mol. The Hall–Kier alpha value is -1.43. The summed E-state index contributed by atoms with van der Waals surface area (Å²) in [6.45, 7) is 3.92. The lowest BCUT2D eigenvalue weighted by molar-refractivity contribution is -0.134. The van der Waals surface area contributed by atoms with Crippen LogP contribution in [0.1, 0.15) is 38.7 Å². The highest BCUT2D eigenvalue weighted by Crippen LogP contribution is 2.23. The van der Waals surface area contributed by atoms with Crippen LogP contribution in [0.2, 0.25) is 0 Å². The fraction of sp³-hybridized carbons (Fsp3) is 0.562. The van der Waals surface area contributed by atoms with Gasteiger partial charge in [0.05, 0.1) is 5.75 Å². The molecule has 1 saturated heterocycles. The van der Waals surface area contributed by atoms with Crippen molar-refractivity contribution < 1.29 is 17.6 Å². The van der Waals surface area contributed by atoms with Gasteiger partial charge in [0, 0.05) is 12.1 Å². The molecule has 1 heterocycles. The van der Waals surface area contributed by atoms with Gasteiger partial charge in [0.2, 0.25) is 5.91 Å². The van der Waals surface area contributed by atoms with E-state index >= 15 is 0 Å². The highest BCUT2D eigenvalue weighted by molar-refractivity contribution is 7.91. The molecule has 2 atom stereocenters. The Labute approximate surface area is 131 Å². The highest BCUT2D eigenvalue weighted by Gasteiger charge is 2.31. The number of rotatable bonds is 4. The van der Waals surface area contributed by atoms with E-state index in [1.807, 2.05) is 13.8 Å². The van der Waals surface area contributed by atoms with E-state index in [1.165, 1.54) is 24.3 Å². The van der Waals surface area contributed by atoms with Crippen LogP contribution in [0.5, 0.6) is 0 Å². The third-order valence-corrected chi connectivity index (χ3v) is 5.58. The second-order valence-electron chi connectivity index (χ2n) is 6.09. The van der Waals surface area contributed by atoms with E-state index in [2.05, 4.69) is 0 Å². The summed E-state index contributed by atoms with van der Waals surface area (Å²) >= 11 is 0. The van der Waals surface area contributed by atoms with Gasteiger partial charge < -0.3 is 4.90 Å². The number of carbonyl (C=O) groups excluding carboxylic acids is 1. The lowest BCUT2D eigenvalue weighted by Crippen LogP contribution is -2.49. The molecule has 22 heavy (non-hydrogen) atoms. The van der Waals surface area contributed by atoms with Gasteiger partial charge in [0.1, 0.15) is 11.6 Å². The number of halogens is 1. The maximum Gasteiger partial charge on any atom is 0.238 e. The fourth-order valence-corrected chi connectivity index (χ4v) is 4.39. The predicted octanol–water partition coefficient (Wildman–Crippen LogP) is 2.53. The molecule has 1 aromatic rings. The minimum atomic E-state index is -3.56. The zero-order chi connectivity index (χ0) is 16.3. The number of benzene rings is 1. The summed E-state index contributed by atoms with van der Waals surface area (Å²) in [4.78, 5) is 14.1. The van der Waals surface area contributed by atoms with E-state index < -0.39 is 21.4 Å². The first-order chi connectivity index (χ1) is 10.3. The maximum absolute atomic E-state index is 12.8. The van der Waals surface area contributed by atoms with E-state index in [0.29, 0.717) is 5.56 Å². The number of likely N-dealkylation sites (tertiary alicyclic amines) is 1. The first-order valence-corrected chi connectivity index (χ1v) is 9.36. The van der Waals surface area contributed by atoms with Crippen LogP contribution in [0.3, 0.4) is 0 Å². The van der Waals surface area contributed by atoms with Gasteiger partial charge in [-0.15, -0.1) is 0 Å². The van der Waals surface area contributed by atoms with Crippen LogP contribution in [0.25, 0.3) is 0 Å². The van der Waals surface area contributed by atoms with Crippen molar-refractivity contribution in [2.75, 3.05) is 5.75 Å². The summed E-state index contributed by atoms with van der Waals surface area (Å²) in [6.07, 6.45) is 2.89. The molecule has 4 nitrogen and oxygen atoms in total. The van der Waals surface area contributed by atoms with Gasteiger partial charge in [-0.05, 0) is 50.8 Å². The zero-order valence-electron chi connectivity index (χ0n) is 13.0. The molecular formula is C16H22FNO3S. The van der Waals surface area contributed by atoms with Crippen molar-refractivity contribution in [3.63, 3.8) is 0 Å². The normalized spacial score (nSPS) is 22.6. The molecule has 0 saturated carbocycles. The second-order valence-corrected chi connectivity index (χ2v) is 8.15. The molecule has 0 radical (unpaired) electrons. The average Bonchev–Trinajstić information content (AvgIpc) is 2.40. The maximum atomic E-state index is 12.8. The van der Waals surface area contributed by atoms with Crippen molar-refractivity contribution in [2.24, 2.45) is 0 Å². The van der Waals surface area contributed by atoms with Crippen molar-refractivity contribution in [1.82, 2.24) is 4.90 Å². The minimum absolute atomic E-state index is 0.0808. The summed E-state index contributed by atoms with van der Waals surface area (Å²) in [5.74, 6) is -1.47. The molecule has 1 fully saturated rings. The smallest absolute Gasteiger partial charge is 0.238 e. The SMILES string of the molecule is CC1CCCC(C)N1C(=O)CS(=O)(=O)Cc1ccc(F)cc1. The molecule has 1 aliphatic rings. The monoisotopic (exact) mass is 327 g/mol. The number of nitrogens with zero attached hydrogens (tertiary/aromatic N) is 1. The fourth-order valence-electron chi connectivity index (χ4n) is 3.06. The van der Waals surface area contributed by atoms with E-state index in [0.717, 1.165) is 19.3 Å². The van der Waals surface area contributed by atoms with Gasteiger partial charge in [-0.25, -0.2) is 12.8 Å². The van der Waals surface area contributed by atoms with Crippen molar-refractivity contribution in [3.8, 4) is 0 Å². The first-order valence-electron chi connectivity index (χ1n) is 7.54. The van der Waals surface area contributed by atoms with Crippen LogP contribution < -0.4 is 0 Å². The zero-order valence-corrected chi connectivity index (χ0v) is 13.8. The molecule has 0 spiro atoms. The van der Waals surface area contributed by atoms with E-state index in [1.54, 1.807) is 4.90 Å².